The summed E-state index contributed by atoms with van der Waals surface area (Å²) in [6.07, 6.45) is 5.09. The summed E-state index contributed by atoms with van der Waals surface area (Å²) in [5, 5.41) is 25.8. The van der Waals surface area contributed by atoms with Crippen LogP contribution in [0.15, 0.2) is 0 Å². The molecule has 0 unspecified atom stereocenters. The van der Waals surface area contributed by atoms with Crippen molar-refractivity contribution in [2.24, 2.45) is 0 Å². The Kier molecular flexibility index (Phi) is 22.7. The summed E-state index contributed by atoms with van der Waals surface area (Å²) in [7, 11) is 0. The Labute approximate surface area is 169 Å². The van der Waals surface area contributed by atoms with Crippen LogP contribution in [0, 0.1) is 22.7 Å². The van der Waals surface area contributed by atoms with E-state index in [1.807, 2.05) is 0 Å². The minimum Gasteiger partial charge on any atom is -0.394 e. The number of hydrogen-bond acceptors (Lipinski definition) is 8. The Morgan fingerprint density at radius 2 is 1.00 bits per heavy atom. The molecule has 0 atom stereocenters. The Morgan fingerprint density at radius 1 is 0.571 bits per heavy atom. The molecule has 0 rings (SSSR count). The second kappa shape index (κ2) is 23.8. The molecule has 0 radical (unpaired) electrons. The molecule has 28 heavy (non-hydrogen) atoms. The van der Waals surface area contributed by atoms with Crippen LogP contribution in [0.2, 0.25) is 0 Å². The van der Waals surface area contributed by atoms with Gasteiger partial charge in [0.25, 0.3) is 0 Å². The number of ether oxygens (including phenoxy) is 4. The van der Waals surface area contributed by atoms with Gasteiger partial charge in [0, 0.05) is 19.4 Å². The van der Waals surface area contributed by atoms with Gasteiger partial charge in [0.15, 0.2) is 0 Å². The molecule has 0 aromatic heterocycles. The topological polar surface area (TPSA) is 108 Å². The largest absolute Gasteiger partial charge is 0.394 e. The standard InChI is InChI=1S/C20H37N3O5/c21-7-3-1-5-9-23(10-6-2-4-8-22)11-13-25-15-17-27-19-20-28-18-16-26-14-12-24/h24H,1-6,9-20H2. The number of unbranched alkanes of at least 4 members (excludes halogenated alkanes) is 4. The molecule has 0 spiro atoms. The van der Waals surface area contributed by atoms with Crippen molar-refractivity contribution in [3.05, 3.63) is 0 Å². The smallest absolute Gasteiger partial charge is 0.0701 e. The second-order valence-electron chi connectivity index (χ2n) is 6.25. The average Bonchev–Trinajstić information content (AvgIpc) is 2.71. The molecule has 0 aromatic carbocycles. The van der Waals surface area contributed by atoms with E-state index >= 15 is 0 Å². The second-order valence-corrected chi connectivity index (χ2v) is 6.25. The van der Waals surface area contributed by atoms with Crippen LogP contribution in [0.25, 0.3) is 0 Å². The highest BCUT2D eigenvalue weighted by Gasteiger charge is 2.05. The number of aliphatic hydroxyl groups excluding tert-OH is 1. The molecular weight excluding hydrogens is 362 g/mol. The van der Waals surface area contributed by atoms with Crippen LogP contribution in [0.5, 0.6) is 0 Å². The van der Waals surface area contributed by atoms with Gasteiger partial charge in [-0.05, 0) is 38.8 Å². The lowest BCUT2D eigenvalue weighted by Crippen LogP contribution is -2.30. The van der Waals surface area contributed by atoms with E-state index in [1.165, 1.54) is 0 Å². The molecule has 0 aliphatic heterocycles. The molecule has 1 N–H and O–H groups in total. The Morgan fingerprint density at radius 3 is 1.43 bits per heavy atom. The molecule has 0 amide bonds. The van der Waals surface area contributed by atoms with Crippen LogP contribution in [0.4, 0.5) is 0 Å². The van der Waals surface area contributed by atoms with Crippen molar-refractivity contribution in [3.8, 4) is 12.1 Å². The number of nitriles is 2. The molecule has 0 saturated carbocycles. The van der Waals surface area contributed by atoms with Gasteiger partial charge in [-0.1, -0.05) is 0 Å². The van der Waals surface area contributed by atoms with E-state index in [4.69, 9.17) is 34.6 Å². The van der Waals surface area contributed by atoms with Crippen molar-refractivity contribution in [3.63, 3.8) is 0 Å². The summed E-state index contributed by atoms with van der Waals surface area (Å²) in [5.74, 6) is 0. The molecule has 162 valence electrons. The maximum Gasteiger partial charge on any atom is 0.0701 e. The molecule has 0 aromatic rings. The predicted octanol–water partition coefficient (Wildman–Crippen LogP) is 1.73. The van der Waals surface area contributed by atoms with Gasteiger partial charge in [0.2, 0.25) is 0 Å². The van der Waals surface area contributed by atoms with E-state index < -0.39 is 0 Å². The molecular formula is C20H37N3O5. The lowest BCUT2D eigenvalue weighted by molar-refractivity contribution is -0.00724. The van der Waals surface area contributed by atoms with E-state index in [0.717, 1.165) is 45.3 Å². The van der Waals surface area contributed by atoms with Crippen molar-refractivity contribution in [1.29, 1.82) is 10.5 Å². The number of aliphatic hydroxyl groups is 1. The fourth-order valence-electron chi connectivity index (χ4n) is 2.43. The van der Waals surface area contributed by atoms with Crippen molar-refractivity contribution in [2.45, 2.75) is 38.5 Å². The van der Waals surface area contributed by atoms with Crippen LogP contribution in [0.3, 0.4) is 0 Å². The summed E-state index contributed by atoms with van der Waals surface area (Å²) in [6.45, 7) is 6.92. The molecule has 0 aliphatic carbocycles. The third-order valence-corrected chi connectivity index (χ3v) is 3.93. The summed E-state index contributed by atoms with van der Waals surface area (Å²) in [4.78, 5) is 2.35. The molecule has 0 heterocycles. The first-order valence-corrected chi connectivity index (χ1v) is 10.2. The molecule has 0 fully saturated rings. The molecule has 0 saturated heterocycles. The van der Waals surface area contributed by atoms with E-state index in [1.54, 1.807) is 0 Å². The van der Waals surface area contributed by atoms with Crippen LogP contribution < -0.4 is 0 Å². The average molecular weight is 400 g/mol. The maximum absolute atomic E-state index is 8.62. The van der Waals surface area contributed by atoms with Gasteiger partial charge >= 0.3 is 0 Å². The van der Waals surface area contributed by atoms with Gasteiger partial charge in [-0.15, -0.1) is 0 Å². The minimum absolute atomic E-state index is 0.0310. The Balaban J connectivity index is 3.55. The van der Waals surface area contributed by atoms with Crippen LogP contribution in [-0.4, -0.2) is 89.1 Å². The highest BCUT2D eigenvalue weighted by atomic mass is 16.6. The van der Waals surface area contributed by atoms with Gasteiger partial charge < -0.3 is 29.0 Å². The quantitative estimate of drug-likeness (QED) is 0.274. The van der Waals surface area contributed by atoms with Gasteiger partial charge in [0.1, 0.15) is 0 Å². The van der Waals surface area contributed by atoms with E-state index in [0.29, 0.717) is 65.7 Å². The van der Waals surface area contributed by atoms with Crippen molar-refractivity contribution < 1.29 is 24.1 Å². The minimum atomic E-state index is 0.0310. The predicted molar refractivity (Wildman–Crippen MR) is 106 cm³/mol. The first-order chi connectivity index (χ1) is 13.8. The summed E-state index contributed by atoms with van der Waals surface area (Å²) < 4.78 is 21.5. The molecule has 8 nitrogen and oxygen atoms in total. The lowest BCUT2D eigenvalue weighted by Gasteiger charge is -2.22. The third-order valence-electron chi connectivity index (χ3n) is 3.93. The van der Waals surface area contributed by atoms with Crippen molar-refractivity contribution >= 4 is 0 Å². The fraction of sp³-hybridized carbons (Fsp3) is 0.900. The van der Waals surface area contributed by atoms with Crippen LogP contribution in [-0.2, 0) is 18.9 Å². The maximum atomic E-state index is 8.62. The highest BCUT2D eigenvalue weighted by Crippen LogP contribution is 2.02. The zero-order valence-corrected chi connectivity index (χ0v) is 17.1. The number of nitrogens with zero attached hydrogens (tertiary/aromatic N) is 3. The normalized spacial score (nSPS) is 10.9. The monoisotopic (exact) mass is 399 g/mol. The zero-order chi connectivity index (χ0) is 20.5. The Bertz CT molecular complexity index is 376. The fourth-order valence-corrected chi connectivity index (χ4v) is 2.43. The van der Waals surface area contributed by atoms with Crippen LogP contribution in [0.1, 0.15) is 38.5 Å². The molecule has 0 aliphatic rings. The van der Waals surface area contributed by atoms with Crippen molar-refractivity contribution in [2.75, 3.05) is 79.1 Å². The van der Waals surface area contributed by atoms with Gasteiger partial charge in [0.05, 0.1) is 71.6 Å². The molecule has 8 heteroatoms. The first kappa shape index (κ1) is 26.7. The summed E-state index contributed by atoms with van der Waals surface area (Å²) >= 11 is 0. The molecule has 0 bridgehead atoms. The lowest BCUT2D eigenvalue weighted by atomic mass is 10.2. The Hall–Kier alpha value is -1.26. The van der Waals surface area contributed by atoms with Gasteiger partial charge in [-0.25, -0.2) is 0 Å². The van der Waals surface area contributed by atoms with Gasteiger partial charge in [-0.2, -0.15) is 10.5 Å². The van der Waals surface area contributed by atoms with Crippen LogP contribution >= 0.6 is 0 Å². The highest BCUT2D eigenvalue weighted by molar-refractivity contribution is 4.70. The summed E-state index contributed by atoms with van der Waals surface area (Å²) in [5.41, 5.74) is 0. The SMILES string of the molecule is N#CCCCCN(CCCCC#N)CCOCCOCCOCCOCCO. The van der Waals surface area contributed by atoms with Gasteiger partial charge in [-0.3, -0.25) is 0 Å². The first-order valence-electron chi connectivity index (χ1n) is 10.2. The zero-order valence-electron chi connectivity index (χ0n) is 17.1. The summed E-state index contributed by atoms with van der Waals surface area (Å²) in [6, 6.07) is 4.36. The van der Waals surface area contributed by atoms with Crippen molar-refractivity contribution in [1.82, 2.24) is 4.90 Å². The van der Waals surface area contributed by atoms with E-state index in [9.17, 15) is 0 Å². The number of hydrogen-bond donors (Lipinski definition) is 1. The number of rotatable bonds is 22. The third kappa shape index (κ3) is 21.0. The van der Waals surface area contributed by atoms with E-state index in [2.05, 4.69) is 17.0 Å². The van der Waals surface area contributed by atoms with E-state index in [-0.39, 0.29) is 6.61 Å².